The third-order valence-electron chi connectivity index (χ3n) is 2.51. The van der Waals surface area contributed by atoms with E-state index in [-0.39, 0.29) is 11.9 Å². The minimum atomic E-state index is -0.248. The number of rotatable bonds is 3. The summed E-state index contributed by atoms with van der Waals surface area (Å²) in [5, 5.41) is 3.34. The topological polar surface area (TPSA) is 54.9 Å². The van der Waals surface area contributed by atoms with Crippen molar-refractivity contribution in [1.82, 2.24) is 15.3 Å². The molecule has 5 heteroatoms. The molecule has 0 aliphatic carbocycles. The number of amides is 1. The zero-order chi connectivity index (χ0) is 13.0. The normalized spacial score (nSPS) is 11.9. The van der Waals surface area contributed by atoms with E-state index in [1.807, 2.05) is 19.1 Å². The lowest BCUT2D eigenvalue weighted by Crippen LogP contribution is -2.27. The molecule has 0 saturated heterocycles. The van der Waals surface area contributed by atoms with Gasteiger partial charge in [0.2, 0.25) is 0 Å². The number of halogens is 1. The maximum Gasteiger partial charge on any atom is 0.270 e. The first-order valence-electron chi connectivity index (χ1n) is 5.49. The van der Waals surface area contributed by atoms with Crippen LogP contribution in [0.4, 0.5) is 0 Å². The number of aromatic nitrogens is 2. The molecule has 1 unspecified atom stereocenters. The Kier molecular flexibility index (Phi) is 3.89. The second kappa shape index (κ2) is 5.60. The second-order valence-electron chi connectivity index (χ2n) is 3.83. The number of nitrogens with one attached hydrogen (secondary N) is 1. The zero-order valence-corrected chi connectivity index (χ0v) is 10.6. The molecule has 2 aromatic rings. The van der Waals surface area contributed by atoms with E-state index in [4.69, 9.17) is 11.6 Å². The molecule has 4 nitrogen and oxygen atoms in total. The van der Waals surface area contributed by atoms with Crippen LogP contribution in [-0.2, 0) is 0 Å². The highest BCUT2D eigenvalue weighted by atomic mass is 35.5. The van der Waals surface area contributed by atoms with Gasteiger partial charge in [0.1, 0.15) is 5.69 Å². The molecule has 0 radical (unpaired) electrons. The quantitative estimate of drug-likeness (QED) is 0.924. The summed E-state index contributed by atoms with van der Waals surface area (Å²) in [6, 6.07) is 6.77. The average Bonchev–Trinajstić information content (AvgIpc) is 2.39. The summed E-state index contributed by atoms with van der Waals surface area (Å²) >= 11 is 5.81. The van der Waals surface area contributed by atoms with Crippen molar-refractivity contribution in [2.75, 3.05) is 0 Å². The van der Waals surface area contributed by atoms with Crippen molar-refractivity contribution in [2.45, 2.75) is 13.0 Å². The molecule has 1 atom stereocenters. The van der Waals surface area contributed by atoms with Crippen LogP contribution in [0.2, 0.25) is 5.02 Å². The Morgan fingerprint density at radius 2 is 2.00 bits per heavy atom. The van der Waals surface area contributed by atoms with Gasteiger partial charge in [-0.2, -0.15) is 0 Å². The third kappa shape index (κ3) is 3.05. The summed E-state index contributed by atoms with van der Waals surface area (Å²) in [4.78, 5) is 19.8. The molecule has 0 bridgehead atoms. The first-order chi connectivity index (χ1) is 8.66. The van der Waals surface area contributed by atoms with E-state index in [1.54, 1.807) is 18.5 Å². The van der Waals surface area contributed by atoms with Crippen LogP contribution in [0.3, 0.4) is 0 Å². The van der Waals surface area contributed by atoms with E-state index in [9.17, 15) is 4.79 Å². The minimum Gasteiger partial charge on any atom is -0.344 e. The molecule has 0 fully saturated rings. The van der Waals surface area contributed by atoms with Crippen molar-refractivity contribution in [3.05, 3.63) is 59.1 Å². The lowest BCUT2D eigenvalue weighted by molar-refractivity contribution is 0.0935. The van der Waals surface area contributed by atoms with E-state index >= 15 is 0 Å². The average molecular weight is 262 g/mol. The lowest BCUT2D eigenvalue weighted by atomic mass is 10.1. The van der Waals surface area contributed by atoms with E-state index in [2.05, 4.69) is 15.3 Å². The van der Waals surface area contributed by atoms with Gasteiger partial charge in [-0.25, -0.2) is 0 Å². The van der Waals surface area contributed by atoms with Crippen molar-refractivity contribution in [2.24, 2.45) is 0 Å². The molecule has 0 saturated carbocycles. The smallest absolute Gasteiger partial charge is 0.270 e. The van der Waals surface area contributed by atoms with Crippen LogP contribution >= 0.6 is 11.6 Å². The van der Waals surface area contributed by atoms with Gasteiger partial charge in [0.05, 0.1) is 6.04 Å². The largest absolute Gasteiger partial charge is 0.344 e. The number of hydrogen-bond donors (Lipinski definition) is 1. The van der Waals surface area contributed by atoms with Gasteiger partial charge < -0.3 is 5.32 Å². The Morgan fingerprint density at radius 1 is 1.28 bits per heavy atom. The zero-order valence-electron chi connectivity index (χ0n) is 9.80. The van der Waals surface area contributed by atoms with E-state index < -0.39 is 0 Å². The maximum absolute atomic E-state index is 11.9. The van der Waals surface area contributed by atoms with Crippen molar-refractivity contribution in [3.63, 3.8) is 0 Å². The molecule has 2 aromatic heterocycles. The molecule has 1 amide bonds. The highest BCUT2D eigenvalue weighted by Gasteiger charge is 2.12. The van der Waals surface area contributed by atoms with Gasteiger partial charge in [0.15, 0.2) is 0 Å². The molecule has 0 aliphatic rings. The van der Waals surface area contributed by atoms with Gasteiger partial charge in [0, 0.05) is 23.6 Å². The van der Waals surface area contributed by atoms with Gasteiger partial charge >= 0.3 is 0 Å². The fourth-order valence-corrected chi connectivity index (χ4v) is 1.69. The summed E-state index contributed by atoms with van der Waals surface area (Å²) in [6.07, 6.45) is 4.89. The summed E-state index contributed by atoms with van der Waals surface area (Å²) < 4.78 is 0. The van der Waals surface area contributed by atoms with Crippen LogP contribution in [0.5, 0.6) is 0 Å². The van der Waals surface area contributed by atoms with Gasteiger partial charge in [-0.05, 0) is 36.8 Å². The van der Waals surface area contributed by atoms with Crippen molar-refractivity contribution in [3.8, 4) is 0 Å². The van der Waals surface area contributed by atoms with Crippen LogP contribution in [0, 0.1) is 0 Å². The fraction of sp³-hybridized carbons (Fsp3) is 0.154. The second-order valence-corrected chi connectivity index (χ2v) is 4.27. The first-order valence-corrected chi connectivity index (χ1v) is 5.87. The standard InChI is InChI=1S/C13H12ClN3O/c1-9(10-2-5-15-6-3-10)17-13(18)12-8-11(14)4-7-16-12/h2-9H,1H3,(H,17,18). The van der Waals surface area contributed by atoms with Gasteiger partial charge in [-0.15, -0.1) is 0 Å². The predicted octanol–water partition coefficient (Wildman–Crippen LogP) is 2.62. The number of nitrogens with zero attached hydrogens (tertiary/aromatic N) is 2. The maximum atomic E-state index is 11.9. The summed E-state index contributed by atoms with van der Waals surface area (Å²) in [6.45, 7) is 1.90. The lowest BCUT2D eigenvalue weighted by Gasteiger charge is -2.13. The molecule has 0 spiro atoms. The minimum absolute atomic E-state index is 0.110. The Hall–Kier alpha value is -1.94. The number of carbonyl (C=O) groups is 1. The van der Waals surface area contributed by atoms with Crippen LogP contribution in [0.15, 0.2) is 42.9 Å². The molecule has 18 heavy (non-hydrogen) atoms. The van der Waals surface area contributed by atoms with Crippen LogP contribution in [0.25, 0.3) is 0 Å². The molecule has 0 aliphatic heterocycles. The summed E-state index contributed by atoms with van der Waals surface area (Å²) in [7, 11) is 0. The predicted molar refractivity (Wildman–Crippen MR) is 69.4 cm³/mol. The molecular formula is C13H12ClN3O. The highest BCUT2D eigenvalue weighted by molar-refractivity contribution is 6.30. The Balaban J connectivity index is 2.08. The van der Waals surface area contributed by atoms with Gasteiger partial charge in [-0.3, -0.25) is 14.8 Å². The summed E-state index contributed by atoms with van der Waals surface area (Å²) in [5.41, 5.74) is 1.30. The number of pyridine rings is 2. The molecule has 2 heterocycles. The van der Waals surface area contributed by atoms with Crippen LogP contribution in [-0.4, -0.2) is 15.9 Å². The van der Waals surface area contributed by atoms with Gasteiger partial charge in [0.25, 0.3) is 5.91 Å². The van der Waals surface area contributed by atoms with Crippen LogP contribution in [0.1, 0.15) is 29.0 Å². The SMILES string of the molecule is CC(NC(=O)c1cc(Cl)ccn1)c1ccncc1. The van der Waals surface area contributed by atoms with Crippen molar-refractivity contribution >= 4 is 17.5 Å². The Labute approximate surface area is 110 Å². The monoisotopic (exact) mass is 261 g/mol. The fourth-order valence-electron chi connectivity index (χ4n) is 1.53. The third-order valence-corrected chi connectivity index (χ3v) is 2.74. The van der Waals surface area contributed by atoms with Crippen molar-refractivity contribution in [1.29, 1.82) is 0 Å². The van der Waals surface area contributed by atoms with Crippen LogP contribution < -0.4 is 5.32 Å². The molecule has 0 aromatic carbocycles. The molecule has 92 valence electrons. The Bertz CT molecular complexity index is 545. The highest BCUT2D eigenvalue weighted by Crippen LogP contribution is 2.12. The number of carbonyl (C=O) groups excluding carboxylic acids is 1. The van der Waals surface area contributed by atoms with E-state index in [1.165, 1.54) is 12.3 Å². The first kappa shape index (κ1) is 12.5. The molecular weight excluding hydrogens is 250 g/mol. The summed E-state index contributed by atoms with van der Waals surface area (Å²) in [5.74, 6) is -0.248. The number of hydrogen-bond acceptors (Lipinski definition) is 3. The van der Waals surface area contributed by atoms with E-state index in [0.717, 1.165) is 5.56 Å². The van der Waals surface area contributed by atoms with E-state index in [0.29, 0.717) is 10.7 Å². The molecule has 1 N–H and O–H groups in total. The van der Waals surface area contributed by atoms with Crippen molar-refractivity contribution < 1.29 is 4.79 Å². The Morgan fingerprint density at radius 3 is 2.67 bits per heavy atom. The van der Waals surface area contributed by atoms with Gasteiger partial charge in [-0.1, -0.05) is 11.6 Å². The molecule has 2 rings (SSSR count).